The van der Waals surface area contributed by atoms with Crippen molar-refractivity contribution in [2.45, 2.75) is 13.0 Å². The van der Waals surface area contributed by atoms with Gasteiger partial charge in [-0.3, -0.25) is 9.59 Å². The maximum absolute atomic E-state index is 11.6. The number of benzene rings is 2. The molecule has 1 atom stereocenters. The molecule has 0 aliphatic carbocycles. The van der Waals surface area contributed by atoms with Crippen molar-refractivity contribution in [3.05, 3.63) is 63.6 Å². The molecule has 0 aliphatic heterocycles. The third-order valence-electron chi connectivity index (χ3n) is 3.57. The number of esters is 1. The number of methoxy groups -OCH3 is 1. The summed E-state index contributed by atoms with van der Waals surface area (Å²) in [5.41, 5.74) is 1.46. The second-order valence-electron chi connectivity index (χ2n) is 5.22. The van der Waals surface area contributed by atoms with Crippen molar-refractivity contribution in [2.75, 3.05) is 7.11 Å². The first-order chi connectivity index (χ1) is 11.9. The van der Waals surface area contributed by atoms with E-state index < -0.39 is 17.1 Å². The second-order valence-corrected chi connectivity index (χ2v) is 6.40. The highest BCUT2D eigenvalue weighted by molar-refractivity contribution is 6.65. The third-order valence-corrected chi connectivity index (χ3v) is 4.54. The predicted molar refractivity (Wildman–Crippen MR) is 97.3 cm³/mol. The largest absolute Gasteiger partial charge is 0.489 e. The summed E-state index contributed by atoms with van der Waals surface area (Å²) in [5, 5.41) is 0.317. The van der Waals surface area contributed by atoms with Crippen molar-refractivity contribution in [3.8, 4) is 5.75 Å². The Hall–Kier alpha value is -1.75. The number of ether oxygens (including phenoxy) is 2. The summed E-state index contributed by atoms with van der Waals surface area (Å²) in [4.78, 5) is 22.9. The van der Waals surface area contributed by atoms with E-state index in [0.29, 0.717) is 21.4 Å². The van der Waals surface area contributed by atoms with Crippen LogP contribution in [-0.4, -0.2) is 18.3 Å². The smallest absolute Gasteiger partial charge is 0.317 e. The summed E-state index contributed by atoms with van der Waals surface area (Å²) >= 11 is 17.7. The van der Waals surface area contributed by atoms with Crippen LogP contribution in [0.1, 0.15) is 11.1 Å². The fraction of sp³-hybridized carbons (Fsp3) is 0.222. The van der Waals surface area contributed by atoms with Crippen LogP contribution in [0.2, 0.25) is 10.0 Å². The molecule has 0 bridgehead atoms. The Bertz CT molecular complexity index is 739. The molecule has 0 amide bonds. The summed E-state index contributed by atoms with van der Waals surface area (Å²) in [6, 6.07) is 12.2. The molecule has 0 saturated heterocycles. The van der Waals surface area contributed by atoms with Crippen molar-refractivity contribution in [1.82, 2.24) is 0 Å². The number of hydrogen-bond donors (Lipinski definition) is 0. The molecule has 2 aromatic carbocycles. The molecule has 0 aliphatic rings. The summed E-state index contributed by atoms with van der Waals surface area (Å²) < 4.78 is 10.3. The quantitative estimate of drug-likeness (QED) is 0.384. The molecule has 132 valence electrons. The molecule has 0 aromatic heterocycles. The summed E-state index contributed by atoms with van der Waals surface area (Å²) in [6.07, 6.45) is 0.158. The third kappa shape index (κ3) is 5.36. The van der Waals surface area contributed by atoms with Gasteiger partial charge in [-0.25, -0.2) is 0 Å². The van der Waals surface area contributed by atoms with Crippen molar-refractivity contribution in [2.24, 2.45) is 5.92 Å². The normalized spacial score (nSPS) is 11.7. The van der Waals surface area contributed by atoms with Crippen LogP contribution in [0, 0.1) is 5.92 Å². The Labute approximate surface area is 160 Å². The number of rotatable bonds is 7. The Balaban J connectivity index is 2.02. The van der Waals surface area contributed by atoms with Gasteiger partial charge in [0.1, 0.15) is 18.3 Å². The second kappa shape index (κ2) is 9.09. The minimum absolute atomic E-state index is 0.158. The van der Waals surface area contributed by atoms with Gasteiger partial charge in [-0.05, 0) is 47.9 Å². The van der Waals surface area contributed by atoms with Gasteiger partial charge in [0.05, 0.1) is 7.11 Å². The Morgan fingerprint density at radius 3 is 2.16 bits per heavy atom. The van der Waals surface area contributed by atoms with E-state index in [0.717, 1.165) is 5.56 Å². The van der Waals surface area contributed by atoms with E-state index in [9.17, 15) is 9.59 Å². The molecule has 1 unspecified atom stereocenters. The first-order valence-corrected chi connectivity index (χ1v) is 8.47. The molecule has 4 nitrogen and oxygen atoms in total. The van der Waals surface area contributed by atoms with Crippen molar-refractivity contribution >= 4 is 46.0 Å². The van der Waals surface area contributed by atoms with Gasteiger partial charge >= 0.3 is 5.97 Å². The van der Waals surface area contributed by atoms with E-state index in [-0.39, 0.29) is 13.0 Å². The lowest BCUT2D eigenvalue weighted by Crippen LogP contribution is -2.24. The zero-order valence-corrected chi connectivity index (χ0v) is 15.6. The molecule has 0 N–H and O–H groups in total. The van der Waals surface area contributed by atoms with Crippen molar-refractivity contribution in [3.63, 3.8) is 0 Å². The van der Waals surface area contributed by atoms with Gasteiger partial charge in [0.25, 0.3) is 0 Å². The van der Waals surface area contributed by atoms with Crippen molar-refractivity contribution in [1.29, 1.82) is 0 Å². The molecule has 0 radical (unpaired) electrons. The van der Waals surface area contributed by atoms with E-state index >= 15 is 0 Å². The Morgan fingerprint density at radius 2 is 1.64 bits per heavy atom. The van der Waals surface area contributed by atoms with Gasteiger partial charge in [0, 0.05) is 15.6 Å². The first-order valence-electron chi connectivity index (χ1n) is 7.34. The summed E-state index contributed by atoms with van der Waals surface area (Å²) in [6.45, 7) is 0.225. The zero-order chi connectivity index (χ0) is 18.4. The highest BCUT2D eigenvalue weighted by Gasteiger charge is 2.26. The van der Waals surface area contributed by atoms with Gasteiger partial charge in [-0.1, -0.05) is 41.4 Å². The summed E-state index contributed by atoms with van der Waals surface area (Å²) in [7, 11) is 1.21. The van der Waals surface area contributed by atoms with Crippen LogP contribution in [0.15, 0.2) is 42.5 Å². The zero-order valence-electron chi connectivity index (χ0n) is 13.3. The van der Waals surface area contributed by atoms with Crippen LogP contribution in [-0.2, 0) is 27.4 Å². The lowest BCUT2D eigenvalue weighted by Gasteiger charge is -2.12. The van der Waals surface area contributed by atoms with Crippen LogP contribution < -0.4 is 4.74 Å². The number of hydrogen-bond acceptors (Lipinski definition) is 4. The lowest BCUT2D eigenvalue weighted by atomic mass is 10.0. The average Bonchev–Trinajstić information content (AvgIpc) is 2.59. The van der Waals surface area contributed by atoms with Crippen LogP contribution in [0.5, 0.6) is 5.75 Å². The molecule has 0 saturated carbocycles. The number of carbonyl (C=O) groups is 2. The van der Waals surface area contributed by atoms with Crippen LogP contribution in [0.25, 0.3) is 0 Å². The Kier molecular flexibility index (Phi) is 7.12. The fourth-order valence-electron chi connectivity index (χ4n) is 2.18. The van der Waals surface area contributed by atoms with Crippen molar-refractivity contribution < 1.29 is 19.1 Å². The molecule has 2 aromatic rings. The molecule has 0 heterocycles. The van der Waals surface area contributed by atoms with E-state index in [4.69, 9.17) is 39.5 Å². The SMILES string of the molecule is COC(=O)C(Cc1ccc(OCc2c(Cl)cccc2Cl)cc1)C(=O)Cl. The monoisotopic (exact) mass is 400 g/mol. The van der Waals surface area contributed by atoms with Crippen LogP contribution in [0.3, 0.4) is 0 Å². The molecular weight excluding hydrogens is 387 g/mol. The highest BCUT2D eigenvalue weighted by atomic mass is 35.5. The van der Waals surface area contributed by atoms with Gasteiger partial charge in [-0.15, -0.1) is 0 Å². The number of carbonyl (C=O) groups excluding carboxylic acids is 2. The topological polar surface area (TPSA) is 52.6 Å². The van der Waals surface area contributed by atoms with Crippen LogP contribution in [0.4, 0.5) is 0 Å². The minimum Gasteiger partial charge on any atom is -0.489 e. The fourth-order valence-corrected chi connectivity index (χ4v) is 2.85. The van der Waals surface area contributed by atoms with E-state index in [2.05, 4.69) is 4.74 Å². The minimum atomic E-state index is -1.03. The van der Waals surface area contributed by atoms with Gasteiger partial charge < -0.3 is 9.47 Å². The molecule has 0 fully saturated rings. The molecule has 2 rings (SSSR count). The van der Waals surface area contributed by atoms with E-state index in [1.54, 1.807) is 42.5 Å². The van der Waals surface area contributed by atoms with E-state index in [1.165, 1.54) is 7.11 Å². The maximum Gasteiger partial charge on any atom is 0.317 e. The van der Waals surface area contributed by atoms with Gasteiger partial charge in [0.2, 0.25) is 5.24 Å². The highest BCUT2D eigenvalue weighted by Crippen LogP contribution is 2.26. The number of halogens is 3. The molecule has 25 heavy (non-hydrogen) atoms. The van der Waals surface area contributed by atoms with Crippen LogP contribution >= 0.6 is 34.8 Å². The van der Waals surface area contributed by atoms with E-state index in [1.807, 2.05) is 0 Å². The predicted octanol–water partition coefficient (Wildman–Crippen LogP) is 4.67. The Morgan fingerprint density at radius 1 is 1.04 bits per heavy atom. The molecule has 7 heteroatoms. The first kappa shape index (κ1) is 19.6. The maximum atomic E-state index is 11.6. The van der Waals surface area contributed by atoms with Gasteiger partial charge in [0.15, 0.2) is 0 Å². The standard InChI is InChI=1S/C18H15Cl3O4/c1-24-18(23)13(17(21)22)9-11-5-7-12(8-6-11)25-10-14-15(19)3-2-4-16(14)20/h2-8,13H,9-10H2,1H3. The summed E-state index contributed by atoms with van der Waals surface area (Å²) in [5.74, 6) is -1.08. The average molecular weight is 402 g/mol. The molecule has 0 spiro atoms. The van der Waals surface area contributed by atoms with Gasteiger partial charge in [-0.2, -0.15) is 0 Å². The molecular formula is C18H15Cl3O4. The lowest BCUT2D eigenvalue weighted by molar-refractivity contribution is -0.147.